The van der Waals surface area contributed by atoms with Gasteiger partial charge in [-0.25, -0.2) is 0 Å². The van der Waals surface area contributed by atoms with Gasteiger partial charge in [-0.3, -0.25) is 0 Å². The molecule has 3 nitrogen and oxygen atoms in total. The van der Waals surface area contributed by atoms with Crippen LogP contribution in [0.1, 0.15) is 39.0 Å². The zero-order valence-corrected chi connectivity index (χ0v) is 11.2. The fourth-order valence-electron chi connectivity index (χ4n) is 4.19. The van der Waals surface area contributed by atoms with Gasteiger partial charge < -0.3 is 14.9 Å². The molecule has 0 aromatic rings. The third-order valence-electron chi connectivity index (χ3n) is 5.73. The molecule has 0 aromatic carbocycles. The molecule has 1 saturated heterocycles. The number of allylic oxidation sites excluding steroid dienone is 1. The molecule has 1 aliphatic heterocycles. The molecule has 1 heterocycles. The predicted octanol–water partition coefficient (Wildman–Crippen LogP) is 1.88. The van der Waals surface area contributed by atoms with Gasteiger partial charge in [-0.1, -0.05) is 19.1 Å². The molecule has 0 aromatic heterocycles. The summed E-state index contributed by atoms with van der Waals surface area (Å²) in [6, 6.07) is 0. The minimum absolute atomic E-state index is 0.0545. The quantitative estimate of drug-likeness (QED) is 0.583. The second kappa shape index (κ2) is 4.06. The summed E-state index contributed by atoms with van der Waals surface area (Å²) in [4.78, 5) is 0. The molecular weight excluding hydrogens is 228 g/mol. The van der Waals surface area contributed by atoms with Crippen molar-refractivity contribution in [1.29, 1.82) is 0 Å². The number of hydrogen-bond acceptors (Lipinski definition) is 3. The van der Waals surface area contributed by atoms with E-state index >= 15 is 0 Å². The lowest BCUT2D eigenvalue weighted by molar-refractivity contribution is -0.0615. The Balaban J connectivity index is 1.77. The van der Waals surface area contributed by atoms with E-state index < -0.39 is 0 Å². The number of aliphatic hydroxyl groups is 2. The molecule has 2 saturated carbocycles. The molecule has 102 valence electrons. The third kappa shape index (κ3) is 1.68. The van der Waals surface area contributed by atoms with Crippen LogP contribution in [0.2, 0.25) is 0 Å². The van der Waals surface area contributed by atoms with Crippen molar-refractivity contribution in [1.82, 2.24) is 0 Å². The van der Waals surface area contributed by atoms with Crippen LogP contribution in [-0.2, 0) is 4.74 Å². The SMILES string of the molecule is C=C1CC[C@H]2O[C@@]2(CO)CC[C@@H]2[C@@H]1C[C@@]2(C)CO. The summed E-state index contributed by atoms with van der Waals surface area (Å²) in [5.74, 6) is 1.09. The van der Waals surface area contributed by atoms with Gasteiger partial charge in [-0.05, 0) is 49.4 Å². The molecule has 3 fully saturated rings. The zero-order chi connectivity index (χ0) is 13.0. The van der Waals surface area contributed by atoms with Gasteiger partial charge in [0.05, 0.1) is 12.7 Å². The Bertz CT molecular complexity index is 367. The molecule has 0 spiro atoms. The standard InChI is InChI=1S/C15H24O3/c1-10-3-4-13-15(9-17,18-13)6-5-12-11(10)7-14(12,2)8-16/h11-13,16-17H,1,3-9H2,2H3/t11-,12-,13-,14+,15-/m1/s1. The summed E-state index contributed by atoms with van der Waals surface area (Å²) in [5, 5.41) is 19.1. The van der Waals surface area contributed by atoms with Crippen LogP contribution in [0.25, 0.3) is 0 Å². The van der Waals surface area contributed by atoms with Gasteiger partial charge in [0.2, 0.25) is 0 Å². The second-order valence-corrected chi connectivity index (χ2v) is 6.79. The molecule has 18 heavy (non-hydrogen) atoms. The maximum atomic E-state index is 9.59. The van der Waals surface area contributed by atoms with E-state index in [0.717, 1.165) is 32.1 Å². The van der Waals surface area contributed by atoms with Crippen LogP contribution in [0.4, 0.5) is 0 Å². The van der Waals surface area contributed by atoms with E-state index in [1.807, 2.05) is 0 Å². The van der Waals surface area contributed by atoms with E-state index in [9.17, 15) is 10.2 Å². The number of fused-ring (bicyclic) bond motifs is 2. The first kappa shape index (κ1) is 12.6. The maximum absolute atomic E-state index is 9.59. The van der Waals surface area contributed by atoms with Gasteiger partial charge in [0.25, 0.3) is 0 Å². The average molecular weight is 252 g/mol. The Kier molecular flexibility index (Phi) is 2.85. The van der Waals surface area contributed by atoms with Crippen LogP contribution in [0.15, 0.2) is 12.2 Å². The fraction of sp³-hybridized carbons (Fsp3) is 0.867. The number of hydrogen-bond donors (Lipinski definition) is 2. The summed E-state index contributed by atoms with van der Waals surface area (Å²) in [6.07, 6.45) is 5.28. The highest BCUT2D eigenvalue weighted by Crippen LogP contribution is 2.59. The molecule has 0 unspecified atom stereocenters. The van der Waals surface area contributed by atoms with E-state index in [2.05, 4.69) is 13.5 Å². The van der Waals surface area contributed by atoms with Gasteiger partial charge in [0.1, 0.15) is 5.60 Å². The fourth-order valence-corrected chi connectivity index (χ4v) is 4.19. The van der Waals surface area contributed by atoms with Crippen molar-refractivity contribution in [3.05, 3.63) is 12.2 Å². The molecule has 0 amide bonds. The highest BCUT2D eigenvalue weighted by molar-refractivity contribution is 5.17. The number of epoxide rings is 1. The summed E-state index contributed by atoms with van der Waals surface area (Å²) in [6.45, 7) is 6.82. The normalized spacial score (nSPS) is 51.3. The van der Waals surface area contributed by atoms with Crippen LogP contribution in [0.5, 0.6) is 0 Å². The molecular formula is C15H24O3. The molecule has 2 N–H and O–H groups in total. The monoisotopic (exact) mass is 252 g/mol. The Morgan fingerprint density at radius 1 is 1.33 bits per heavy atom. The first-order valence-electron chi connectivity index (χ1n) is 7.12. The molecule has 0 bridgehead atoms. The minimum atomic E-state index is -0.263. The third-order valence-corrected chi connectivity index (χ3v) is 5.73. The van der Waals surface area contributed by atoms with Gasteiger partial charge in [0, 0.05) is 6.61 Å². The highest BCUT2D eigenvalue weighted by Gasteiger charge is 2.59. The second-order valence-electron chi connectivity index (χ2n) is 6.79. The lowest BCUT2D eigenvalue weighted by atomic mass is 9.51. The van der Waals surface area contributed by atoms with E-state index in [0.29, 0.717) is 11.8 Å². The van der Waals surface area contributed by atoms with Crippen molar-refractivity contribution in [3.8, 4) is 0 Å². The molecule has 3 heteroatoms. The zero-order valence-electron chi connectivity index (χ0n) is 11.2. The smallest absolute Gasteiger partial charge is 0.118 e. The summed E-state index contributed by atoms with van der Waals surface area (Å²) >= 11 is 0. The Hall–Kier alpha value is -0.380. The molecule has 3 rings (SSSR count). The maximum Gasteiger partial charge on any atom is 0.118 e. The number of rotatable bonds is 2. The van der Waals surface area contributed by atoms with E-state index in [4.69, 9.17) is 4.74 Å². The van der Waals surface area contributed by atoms with Gasteiger partial charge in [-0.15, -0.1) is 0 Å². The number of aliphatic hydroxyl groups excluding tert-OH is 2. The first-order chi connectivity index (χ1) is 8.54. The highest BCUT2D eigenvalue weighted by atomic mass is 16.6. The number of ether oxygens (including phenoxy) is 1. The molecule has 0 radical (unpaired) electrons. The Morgan fingerprint density at radius 2 is 2.11 bits per heavy atom. The topological polar surface area (TPSA) is 53.0 Å². The molecule has 3 aliphatic rings. The van der Waals surface area contributed by atoms with Gasteiger partial charge in [-0.2, -0.15) is 0 Å². The van der Waals surface area contributed by atoms with E-state index in [1.165, 1.54) is 5.57 Å². The molecule has 5 atom stereocenters. The minimum Gasteiger partial charge on any atom is -0.396 e. The van der Waals surface area contributed by atoms with Crippen LogP contribution in [0, 0.1) is 17.3 Å². The molecule has 2 aliphatic carbocycles. The summed E-state index contributed by atoms with van der Waals surface area (Å²) in [7, 11) is 0. The van der Waals surface area contributed by atoms with E-state index in [-0.39, 0.29) is 30.3 Å². The first-order valence-corrected chi connectivity index (χ1v) is 7.12. The van der Waals surface area contributed by atoms with Crippen molar-refractivity contribution in [2.45, 2.75) is 50.7 Å². The van der Waals surface area contributed by atoms with Crippen molar-refractivity contribution >= 4 is 0 Å². The van der Waals surface area contributed by atoms with Crippen LogP contribution < -0.4 is 0 Å². The van der Waals surface area contributed by atoms with E-state index in [1.54, 1.807) is 0 Å². The Morgan fingerprint density at radius 3 is 2.78 bits per heavy atom. The lowest BCUT2D eigenvalue weighted by Crippen LogP contribution is -2.49. The van der Waals surface area contributed by atoms with Crippen molar-refractivity contribution < 1.29 is 14.9 Å². The van der Waals surface area contributed by atoms with Crippen LogP contribution in [0.3, 0.4) is 0 Å². The van der Waals surface area contributed by atoms with Crippen molar-refractivity contribution in [3.63, 3.8) is 0 Å². The average Bonchev–Trinajstić information content (AvgIpc) is 3.06. The van der Waals surface area contributed by atoms with Gasteiger partial charge >= 0.3 is 0 Å². The van der Waals surface area contributed by atoms with Crippen LogP contribution >= 0.6 is 0 Å². The Labute approximate surface area is 109 Å². The summed E-state index contributed by atoms with van der Waals surface area (Å²) in [5.41, 5.74) is 1.12. The van der Waals surface area contributed by atoms with Crippen LogP contribution in [-0.4, -0.2) is 35.1 Å². The van der Waals surface area contributed by atoms with Crippen molar-refractivity contribution in [2.75, 3.05) is 13.2 Å². The predicted molar refractivity (Wildman–Crippen MR) is 69.1 cm³/mol. The largest absolute Gasteiger partial charge is 0.396 e. The van der Waals surface area contributed by atoms with Crippen molar-refractivity contribution in [2.24, 2.45) is 17.3 Å². The summed E-state index contributed by atoms with van der Waals surface area (Å²) < 4.78 is 5.73. The lowest BCUT2D eigenvalue weighted by Gasteiger charge is -2.54. The van der Waals surface area contributed by atoms with Gasteiger partial charge in [0.15, 0.2) is 0 Å².